The highest BCUT2D eigenvalue weighted by atomic mass is 16.5. The summed E-state index contributed by atoms with van der Waals surface area (Å²) in [5.41, 5.74) is 0. The second-order valence-corrected chi connectivity index (χ2v) is 6.50. The fourth-order valence-electron chi connectivity index (χ4n) is 3.86. The summed E-state index contributed by atoms with van der Waals surface area (Å²) in [7, 11) is 1.73. The molecule has 1 N–H and O–H groups in total. The Hall–Kier alpha value is -0.940. The predicted octanol–water partition coefficient (Wildman–Crippen LogP) is 3.36. The average Bonchev–Trinajstić information content (AvgIpc) is 2.99. The summed E-state index contributed by atoms with van der Waals surface area (Å²) in [6, 6.07) is 0. The number of aromatic nitrogens is 2. The molecule has 2 fully saturated rings. The summed E-state index contributed by atoms with van der Waals surface area (Å²) >= 11 is 0. The van der Waals surface area contributed by atoms with Crippen molar-refractivity contribution < 1.29 is 14.4 Å². The van der Waals surface area contributed by atoms with Crippen molar-refractivity contribution in [2.24, 2.45) is 5.92 Å². The van der Waals surface area contributed by atoms with E-state index in [9.17, 15) is 5.11 Å². The van der Waals surface area contributed by atoms with Gasteiger partial charge in [0.25, 0.3) is 0 Å². The molecule has 0 aromatic carbocycles. The van der Waals surface area contributed by atoms with Gasteiger partial charge in [0, 0.05) is 7.11 Å². The van der Waals surface area contributed by atoms with Gasteiger partial charge in [-0.1, -0.05) is 37.3 Å². The smallest absolute Gasteiger partial charge is 0.232 e. The van der Waals surface area contributed by atoms with Crippen LogP contribution in [0.5, 0.6) is 0 Å². The van der Waals surface area contributed by atoms with Crippen LogP contribution < -0.4 is 0 Å². The van der Waals surface area contributed by atoms with E-state index in [0.717, 1.165) is 25.7 Å². The summed E-state index contributed by atoms with van der Waals surface area (Å²) < 4.78 is 11.1. The molecule has 2 aliphatic rings. The summed E-state index contributed by atoms with van der Waals surface area (Å²) in [6.45, 7) is 0. The summed E-state index contributed by atoms with van der Waals surface area (Å²) in [5, 5.41) is 14.3. The number of hydrogen-bond acceptors (Lipinski definition) is 5. The van der Waals surface area contributed by atoms with Crippen molar-refractivity contribution in [2.45, 2.75) is 75.9 Å². The van der Waals surface area contributed by atoms with Crippen molar-refractivity contribution in [2.75, 3.05) is 7.11 Å². The number of rotatable bonds is 4. The molecule has 21 heavy (non-hydrogen) atoms. The standard InChI is InChI=1S/C16H26N2O3/c1-20-14(11-7-3-2-4-8-11)15-17-16(21-18-15)12-9-5-6-10-13(12)19/h11-14,19H,2-10H2,1H3. The zero-order valence-electron chi connectivity index (χ0n) is 12.8. The third-order valence-electron chi connectivity index (χ3n) is 5.09. The third kappa shape index (κ3) is 3.29. The SMILES string of the molecule is COC(c1noc(C2CCCCC2O)n1)C1CCCCC1. The molecule has 0 spiro atoms. The Bertz CT molecular complexity index is 442. The minimum Gasteiger partial charge on any atom is -0.392 e. The highest BCUT2D eigenvalue weighted by molar-refractivity contribution is 5.02. The van der Waals surface area contributed by atoms with Gasteiger partial charge < -0.3 is 14.4 Å². The molecule has 2 aliphatic carbocycles. The number of aliphatic hydroxyl groups excluding tert-OH is 1. The zero-order chi connectivity index (χ0) is 14.7. The fourth-order valence-corrected chi connectivity index (χ4v) is 3.86. The molecule has 5 nitrogen and oxygen atoms in total. The maximum absolute atomic E-state index is 10.1. The second kappa shape index (κ2) is 6.88. The summed E-state index contributed by atoms with van der Waals surface area (Å²) in [5.74, 6) is 1.75. The Balaban J connectivity index is 1.73. The molecule has 0 amide bonds. The predicted molar refractivity (Wildman–Crippen MR) is 77.8 cm³/mol. The Labute approximate surface area is 126 Å². The lowest BCUT2D eigenvalue weighted by molar-refractivity contribution is 0.0273. The molecule has 2 saturated carbocycles. The molecule has 1 aromatic heterocycles. The van der Waals surface area contributed by atoms with E-state index in [-0.39, 0.29) is 18.1 Å². The van der Waals surface area contributed by atoms with Crippen LogP contribution in [0.2, 0.25) is 0 Å². The van der Waals surface area contributed by atoms with E-state index < -0.39 is 0 Å². The van der Waals surface area contributed by atoms with Crippen LogP contribution in [0.4, 0.5) is 0 Å². The van der Waals surface area contributed by atoms with E-state index in [2.05, 4.69) is 10.1 Å². The molecule has 3 unspecified atom stereocenters. The van der Waals surface area contributed by atoms with Crippen LogP contribution in [-0.2, 0) is 4.74 Å². The molecule has 1 heterocycles. The van der Waals surface area contributed by atoms with Crippen molar-refractivity contribution in [1.82, 2.24) is 10.1 Å². The van der Waals surface area contributed by atoms with Crippen molar-refractivity contribution >= 4 is 0 Å². The molecule has 5 heteroatoms. The average molecular weight is 294 g/mol. The first-order valence-corrected chi connectivity index (χ1v) is 8.34. The third-order valence-corrected chi connectivity index (χ3v) is 5.09. The summed E-state index contributed by atoms with van der Waals surface area (Å²) in [6.07, 6.45) is 9.75. The van der Waals surface area contributed by atoms with Crippen molar-refractivity contribution in [3.8, 4) is 0 Å². The van der Waals surface area contributed by atoms with Gasteiger partial charge in [-0.2, -0.15) is 4.98 Å². The first-order chi connectivity index (χ1) is 10.3. The maximum atomic E-state index is 10.1. The highest BCUT2D eigenvalue weighted by Gasteiger charge is 2.33. The molecule has 118 valence electrons. The van der Waals surface area contributed by atoms with E-state index in [0.29, 0.717) is 17.6 Å². The zero-order valence-corrected chi connectivity index (χ0v) is 12.8. The second-order valence-electron chi connectivity index (χ2n) is 6.50. The number of methoxy groups -OCH3 is 1. The Morgan fingerprint density at radius 2 is 1.81 bits per heavy atom. The van der Waals surface area contributed by atoms with Crippen molar-refractivity contribution in [3.05, 3.63) is 11.7 Å². The van der Waals surface area contributed by atoms with Gasteiger partial charge in [0.1, 0.15) is 6.10 Å². The molecule has 0 radical (unpaired) electrons. The molecule has 0 bridgehead atoms. The van der Waals surface area contributed by atoms with Crippen LogP contribution in [0.3, 0.4) is 0 Å². The van der Waals surface area contributed by atoms with Crippen LogP contribution in [-0.4, -0.2) is 28.5 Å². The van der Waals surface area contributed by atoms with Gasteiger partial charge >= 0.3 is 0 Å². The molecular formula is C16H26N2O3. The lowest BCUT2D eigenvalue weighted by Gasteiger charge is -2.27. The van der Waals surface area contributed by atoms with E-state index in [1.165, 1.54) is 32.1 Å². The number of hydrogen-bond donors (Lipinski definition) is 1. The van der Waals surface area contributed by atoms with Gasteiger partial charge in [-0.15, -0.1) is 0 Å². The summed E-state index contributed by atoms with van der Waals surface area (Å²) in [4.78, 5) is 4.57. The molecule has 0 saturated heterocycles. The molecule has 1 aromatic rings. The fraction of sp³-hybridized carbons (Fsp3) is 0.875. The first-order valence-electron chi connectivity index (χ1n) is 8.34. The minimum absolute atomic E-state index is 0.00358. The van der Waals surface area contributed by atoms with Gasteiger partial charge in [0.15, 0.2) is 0 Å². The topological polar surface area (TPSA) is 68.4 Å². The van der Waals surface area contributed by atoms with Crippen LogP contribution in [0, 0.1) is 5.92 Å². The highest BCUT2D eigenvalue weighted by Crippen LogP contribution is 2.37. The quantitative estimate of drug-likeness (QED) is 0.922. The van der Waals surface area contributed by atoms with Gasteiger partial charge in [0.05, 0.1) is 12.0 Å². The van der Waals surface area contributed by atoms with E-state index in [4.69, 9.17) is 9.26 Å². The minimum atomic E-state index is -0.345. The lowest BCUT2D eigenvalue weighted by Crippen LogP contribution is -2.23. The van der Waals surface area contributed by atoms with Gasteiger partial charge in [-0.25, -0.2) is 0 Å². The van der Waals surface area contributed by atoms with E-state index in [1.54, 1.807) is 7.11 Å². The van der Waals surface area contributed by atoms with Crippen LogP contribution >= 0.6 is 0 Å². The molecule has 3 atom stereocenters. The Morgan fingerprint density at radius 3 is 2.52 bits per heavy atom. The van der Waals surface area contributed by atoms with Gasteiger partial charge in [-0.3, -0.25) is 0 Å². The monoisotopic (exact) mass is 294 g/mol. The van der Waals surface area contributed by atoms with E-state index >= 15 is 0 Å². The Morgan fingerprint density at radius 1 is 1.10 bits per heavy atom. The number of aliphatic hydroxyl groups is 1. The molecular weight excluding hydrogens is 268 g/mol. The molecule has 0 aliphatic heterocycles. The normalized spacial score (nSPS) is 29.4. The lowest BCUT2D eigenvalue weighted by atomic mass is 9.84. The van der Waals surface area contributed by atoms with Gasteiger partial charge in [0.2, 0.25) is 11.7 Å². The molecule has 3 rings (SSSR count). The van der Waals surface area contributed by atoms with Crippen molar-refractivity contribution in [1.29, 1.82) is 0 Å². The number of ether oxygens (including phenoxy) is 1. The van der Waals surface area contributed by atoms with Crippen LogP contribution in [0.15, 0.2) is 4.52 Å². The number of nitrogens with zero attached hydrogens (tertiary/aromatic N) is 2. The first kappa shape index (κ1) is 15.0. The van der Waals surface area contributed by atoms with Crippen LogP contribution in [0.1, 0.15) is 81.5 Å². The largest absolute Gasteiger partial charge is 0.392 e. The van der Waals surface area contributed by atoms with E-state index in [1.807, 2.05) is 0 Å². The van der Waals surface area contributed by atoms with Gasteiger partial charge in [-0.05, 0) is 31.6 Å². The van der Waals surface area contributed by atoms with Crippen molar-refractivity contribution in [3.63, 3.8) is 0 Å². The van der Waals surface area contributed by atoms with Crippen LogP contribution in [0.25, 0.3) is 0 Å². The maximum Gasteiger partial charge on any atom is 0.232 e. The Kier molecular flexibility index (Phi) is 4.91.